The minimum Gasteiger partial charge on any atom is -0.385 e. The SMILES string of the molecule is CCc1nn(CC)c(CN2CCOC(C(=N)N)C2)c1Br. The molecule has 1 aromatic rings. The van der Waals surface area contributed by atoms with Crippen LogP contribution in [0.15, 0.2) is 4.47 Å². The second kappa shape index (κ2) is 6.69. The number of halogens is 1. The van der Waals surface area contributed by atoms with E-state index in [-0.39, 0.29) is 11.9 Å². The predicted octanol–water partition coefficient (Wildman–Crippen LogP) is 1.36. The topological polar surface area (TPSA) is 80.2 Å². The van der Waals surface area contributed by atoms with Crippen molar-refractivity contribution in [2.45, 2.75) is 39.5 Å². The summed E-state index contributed by atoms with van der Waals surface area (Å²) in [5.41, 5.74) is 7.82. The summed E-state index contributed by atoms with van der Waals surface area (Å²) in [7, 11) is 0. The van der Waals surface area contributed by atoms with Gasteiger partial charge in [0.25, 0.3) is 0 Å². The Hall–Kier alpha value is -0.920. The lowest BCUT2D eigenvalue weighted by Gasteiger charge is -2.32. The summed E-state index contributed by atoms with van der Waals surface area (Å²) < 4.78 is 8.64. The van der Waals surface area contributed by atoms with Gasteiger partial charge in [0.1, 0.15) is 11.9 Å². The van der Waals surface area contributed by atoms with Crippen molar-refractivity contribution in [3.8, 4) is 0 Å². The van der Waals surface area contributed by atoms with Crippen LogP contribution in [0, 0.1) is 5.41 Å². The van der Waals surface area contributed by atoms with Crippen LogP contribution in [-0.2, 0) is 24.2 Å². The number of aryl methyl sites for hydroxylation is 2. The first kappa shape index (κ1) is 15.5. The first-order valence-corrected chi connectivity index (χ1v) is 7.78. The number of nitrogens with two attached hydrogens (primary N) is 1. The highest BCUT2D eigenvalue weighted by Crippen LogP contribution is 2.24. The number of hydrogen-bond acceptors (Lipinski definition) is 4. The van der Waals surface area contributed by atoms with Gasteiger partial charge in [0.05, 0.1) is 22.5 Å². The Balaban J connectivity index is 2.13. The van der Waals surface area contributed by atoms with Crippen LogP contribution in [0.25, 0.3) is 0 Å². The van der Waals surface area contributed by atoms with Crippen LogP contribution < -0.4 is 5.73 Å². The van der Waals surface area contributed by atoms with Crippen LogP contribution >= 0.6 is 15.9 Å². The summed E-state index contributed by atoms with van der Waals surface area (Å²) in [5.74, 6) is 0.104. The van der Waals surface area contributed by atoms with Crippen LogP contribution in [0.4, 0.5) is 0 Å². The molecule has 0 spiro atoms. The quantitative estimate of drug-likeness (QED) is 0.624. The molecule has 0 aliphatic carbocycles. The molecule has 1 atom stereocenters. The van der Waals surface area contributed by atoms with Gasteiger partial charge in [-0.2, -0.15) is 5.10 Å². The van der Waals surface area contributed by atoms with Crippen molar-refractivity contribution >= 4 is 21.8 Å². The van der Waals surface area contributed by atoms with Gasteiger partial charge < -0.3 is 10.5 Å². The van der Waals surface area contributed by atoms with Crippen molar-refractivity contribution in [1.29, 1.82) is 5.41 Å². The van der Waals surface area contributed by atoms with E-state index in [1.165, 1.54) is 5.69 Å². The van der Waals surface area contributed by atoms with Gasteiger partial charge in [-0.25, -0.2) is 0 Å². The Morgan fingerprint density at radius 3 is 2.90 bits per heavy atom. The molecule has 1 aliphatic rings. The largest absolute Gasteiger partial charge is 0.385 e. The molecule has 1 aromatic heterocycles. The highest BCUT2D eigenvalue weighted by atomic mass is 79.9. The molecule has 7 heteroatoms. The molecule has 2 rings (SSSR count). The van der Waals surface area contributed by atoms with Crippen molar-refractivity contribution in [2.75, 3.05) is 19.7 Å². The molecule has 0 bridgehead atoms. The van der Waals surface area contributed by atoms with E-state index < -0.39 is 0 Å². The maximum absolute atomic E-state index is 7.51. The van der Waals surface area contributed by atoms with E-state index in [9.17, 15) is 0 Å². The molecule has 1 fully saturated rings. The van der Waals surface area contributed by atoms with Crippen molar-refractivity contribution in [3.63, 3.8) is 0 Å². The van der Waals surface area contributed by atoms with Crippen molar-refractivity contribution in [1.82, 2.24) is 14.7 Å². The number of amidine groups is 1. The fourth-order valence-electron chi connectivity index (χ4n) is 2.41. The zero-order valence-corrected chi connectivity index (χ0v) is 13.6. The lowest BCUT2D eigenvalue weighted by Crippen LogP contribution is -2.47. The summed E-state index contributed by atoms with van der Waals surface area (Å²) in [6.45, 7) is 7.99. The second-order valence-electron chi connectivity index (χ2n) is 4.93. The molecule has 20 heavy (non-hydrogen) atoms. The standard InChI is InChI=1S/C13H22BrN5O/c1-3-9-12(14)10(19(4-2)17-9)7-18-5-6-20-11(8-18)13(15)16/h11H,3-8H2,1-2H3,(H3,15,16). The third-order valence-corrected chi connectivity index (χ3v) is 4.48. The minimum absolute atomic E-state index is 0.104. The zero-order valence-electron chi connectivity index (χ0n) is 12.0. The zero-order chi connectivity index (χ0) is 14.7. The van der Waals surface area contributed by atoms with Gasteiger partial charge in [0.15, 0.2) is 0 Å². The highest BCUT2D eigenvalue weighted by Gasteiger charge is 2.25. The van der Waals surface area contributed by atoms with Crippen molar-refractivity contribution < 1.29 is 4.74 Å². The van der Waals surface area contributed by atoms with Gasteiger partial charge >= 0.3 is 0 Å². The monoisotopic (exact) mass is 343 g/mol. The third-order valence-electron chi connectivity index (χ3n) is 3.56. The van der Waals surface area contributed by atoms with E-state index in [4.69, 9.17) is 15.9 Å². The van der Waals surface area contributed by atoms with Crippen LogP contribution in [0.2, 0.25) is 0 Å². The fraction of sp³-hybridized carbons (Fsp3) is 0.692. The van der Waals surface area contributed by atoms with Gasteiger partial charge in [-0.3, -0.25) is 15.0 Å². The number of nitrogens with zero attached hydrogens (tertiary/aromatic N) is 3. The summed E-state index contributed by atoms with van der Waals surface area (Å²) in [4.78, 5) is 2.27. The van der Waals surface area contributed by atoms with E-state index in [1.807, 2.05) is 4.68 Å². The van der Waals surface area contributed by atoms with Gasteiger partial charge in [0, 0.05) is 26.2 Å². The van der Waals surface area contributed by atoms with E-state index in [2.05, 4.69) is 39.8 Å². The number of morpholine rings is 1. The van der Waals surface area contributed by atoms with Crippen LogP contribution in [0.3, 0.4) is 0 Å². The van der Waals surface area contributed by atoms with Gasteiger partial charge in [-0.15, -0.1) is 0 Å². The third kappa shape index (κ3) is 3.21. The molecule has 0 amide bonds. The van der Waals surface area contributed by atoms with Crippen molar-refractivity contribution in [3.05, 3.63) is 15.9 Å². The van der Waals surface area contributed by atoms with E-state index in [0.29, 0.717) is 13.2 Å². The summed E-state index contributed by atoms with van der Waals surface area (Å²) in [6, 6.07) is 0. The average Bonchev–Trinajstić information content (AvgIpc) is 2.75. The maximum atomic E-state index is 7.51. The van der Waals surface area contributed by atoms with Gasteiger partial charge in [0.2, 0.25) is 0 Å². The second-order valence-corrected chi connectivity index (χ2v) is 5.72. The molecule has 6 nitrogen and oxygen atoms in total. The maximum Gasteiger partial charge on any atom is 0.127 e. The van der Waals surface area contributed by atoms with Crippen LogP contribution in [-0.4, -0.2) is 46.3 Å². The normalized spacial score (nSPS) is 20.2. The van der Waals surface area contributed by atoms with E-state index in [1.54, 1.807) is 0 Å². The predicted molar refractivity (Wildman–Crippen MR) is 81.9 cm³/mol. The molecule has 112 valence electrons. The Labute approximate surface area is 127 Å². The number of nitrogens with one attached hydrogen (secondary N) is 1. The Bertz CT molecular complexity index is 487. The first-order valence-electron chi connectivity index (χ1n) is 6.98. The summed E-state index contributed by atoms with van der Waals surface area (Å²) >= 11 is 3.67. The molecule has 0 aromatic carbocycles. The van der Waals surface area contributed by atoms with Crippen molar-refractivity contribution in [2.24, 2.45) is 5.73 Å². The molecule has 1 saturated heterocycles. The lowest BCUT2D eigenvalue weighted by atomic mass is 10.2. The smallest absolute Gasteiger partial charge is 0.127 e. The molecule has 1 aliphatic heterocycles. The van der Waals surface area contributed by atoms with E-state index >= 15 is 0 Å². The molecule has 0 radical (unpaired) electrons. The molecule has 3 N–H and O–H groups in total. The Morgan fingerprint density at radius 1 is 1.55 bits per heavy atom. The average molecular weight is 344 g/mol. The molecular weight excluding hydrogens is 322 g/mol. The molecule has 1 unspecified atom stereocenters. The van der Waals surface area contributed by atoms with E-state index in [0.717, 1.165) is 36.2 Å². The molecule has 0 saturated carbocycles. The number of rotatable bonds is 5. The highest BCUT2D eigenvalue weighted by molar-refractivity contribution is 9.10. The minimum atomic E-state index is -0.286. The lowest BCUT2D eigenvalue weighted by molar-refractivity contribution is 0.00137. The Morgan fingerprint density at radius 2 is 2.30 bits per heavy atom. The number of ether oxygens (including phenoxy) is 1. The Kier molecular flexibility index (Phi) is 5.17. The number of hydrogen-bond donors (Lipinski definition) is 2. The summed E-state index contributed by atoms with van der Waals surface area (Å²) in [6.07, 6.45) is 0.630. The number of aromatic nitrogens is 2. The molecular formula is C13H22BrN5O. The van der Waals surface area contributed by atoms with Crippen LogP contribution in [0.5, 0.6) is 0 Å². The van der Waals surface area contributed by atoms with Gasteiger partial charge in [-0.1, -0.05) is 6.92 Å². The summed E-state index contributed by atoms with van der Waals surface area (Å²) in [5, 5.41) is 12.1. The van der Waals surface area contributed by atoms with Gasteiger partial charge in [-0.05, 0) is 29.3 Å². The first-order chi connectivity index (χ1) is 9.56. The fourth-order valence-corrected chi connectivity index (χ4v) is 3.10. The molecule has 2 heterocycles. The van der Waals surface area contributed by atoms with Crippen LogP contribution in [0.1, 0.15) is 25.2 Å².